The van der Waals surface area contributed by atoms with Crippen molar-refractivity contribution in [1.29, 1.82) is 0 Å². The molecule has 2 rings (SSSR count). The Bertz CT molecular complexity index is 551. The molecular formula is C22H35NO3. The second-order valence-corrected chi connectivity index (χ2v) is 6.36. The van der Waals surface area contributed by atoms with Gasteiger partial charge in [-0.2, -0.15) is 0 Å². The van der Waals surface area contributed by atoms with Gasteiger partial charge in [0.2, 0.25) is 0 Å². The third-order valence-electron chi connectivity index (χ3n) is 4.31. The summed E-state index contributed by atoms with van der Waals surface area (Å²) in [5.41, 5.74) is 0.759. The highest BCUT2D eigenvalue weighted by Gasteiger charge is 2.34. The molecule has 0 radical (unpaired) electrons. The maximum atomic E-state index is 9.62. The van der Waals surface area contributed by atoms with Crippen LogP contribution in [-0.4, -0.2) is 36.4 Å². The molecule has 4 nitrogen and oxygen atoms in total. The third-order valence-corrected chi connectivity index (χ3v) is 4.31. The van der Waals surface area contributed by atoms with Crippen LogP contribution in [0.4, 0.5) is 0 Å². The van der Waals surface area contributed by atoms with Gasteiger partial charge in [-0.05, 0) is 56.7 Å². The third kappa shape index (κ3) is 7.61. The van der Waals surface area contributed by atoms with Crippen LogP contribution in [-0.2, 0) is 11.2 Å². The number of ether oxygens (including phenoxy) is 2. The Balaban J connectivity index is 0.00000163. The van der Waals surface area contributed by atoms with Gasteiger partial charge in [-0.25, -0.2) is 4.99 Å². The highest BCUT2D eigenvalue weighted by Crippen LogP contribution is 2.25. The van der Waals surface area contributed by atoms with E-state index in [1.54, 1.807) is 0 Å². The summed E-state index contributed by atoms with van der Waals surface area (Å²) in [6, 6.07) is 8.22. The van der Waals surface area contributed by atoms with Gasteiger partial charge in [-0.3, -0.25) is 0 Å². The van der Waals surface area contributed by atoms with E-state index in [0.717, 1.165) is 44.5 Å². The lowest BCUT2D eigenvalue weighted by molar-refractivity contribution is 0.150. The first-order valence-corrected chi connectivity index (χ1v) is 9.80. The molecule has 0 fully saturated rings. The Labute approximate surface area is 158 Å². The van der Waals surface area contributed by atoms with Gasteiger partial charge < -0.3 is 14.6 Å². The Morgan fingerprint density at radius 3 is 2.54 bits per heavy atom. The average Bonchev–Trinajstić information content (AvgIpc) is 3.07. The molecule has 1 atom stereocenters. The quantitative estimate of drug-likeness (QED) is 0.474. The first kappa shape index (κ1) is 22.2. The highest BCUT2D eigenvalue weighted by atomic mass is 16.5. The minimum absolute atomic E-state index is 0.0265. The predicted molar refractivity (Wildman–Crippen MR) is 109 cm³/mol. The number of aryl methyl sites for hydroxylation is 1. The van der Waals surface area contributed by atoms with Crippen LogP contribution in [0, 0.1) is 0 Å². The standard InChI is InChI=1S/C20H29NO3.C2H6/c1-3-4-5-6-7-14-23-19-10-8-18(9-11-19)12-13-20(15-22)16-24-17(2)21-20;1-2/h3-4,8-11,22H,5-7,12-16H2,1-2H3;1-2H3/b4-3+;. The Morgan fingerprint density at radius 2 is 1.96 bits per heavy atom. The van der Waals surface area contributed by atoms with Gasteiger partial charge in [0.05, 0.1) is 13.2 Å². The zero-order valence-corrected chi connectivity index (χ0v) is 16.8. The molecule has 26 heavy (non-hydrogen) atoms. The van der Waals surface area contributed by atoms with Crippen LogP contribution in [0.2, 0.25) is 0 Å². The predicted octanol–water partition coefficient (Wildman–Crippen LogP) is 4.95. The van der Waals surface area contributed by atoms with Crippen LogP contribution >= 0.6 is 0 Å². The molecule has 1 aromatic rings. The molecule has 0 aliphatic carbocycles. The molecule has 1 aromatic carbocycles. The van der Waals surface area contributed by atoms with Crippen molar-refractivity contribution >= 4 is 5.90 Å². The van der Waals surface area contributed by atoms with Crippen LogP contribution in [0.25, 0.3) is 0 Å². The number of rotatable bonds is 10. The first-order valence-electron chi connectivity index (χ1n) is 9.80. The number of nitrogens with zero attached hydrogens (tertiary/aromatic N) is 1. The number of hydrogen-bond acceptors (Lipinski definition) is 4. The molecule has 1 heterocycles. The normalized spacial score (nSPS) is 18.9. The maximum Gasteiger partial charge on any atom is 0.180 e. The summed E-state index contributed by atoms with van der Waals surface area (Å²) in [6.45, 7) is 9.15. The summed E-state index contributed by atoms with van der Waals surface area (Å²) in [7, 11) is 0. The molecule has 146 valence electrons. The largest absolute Gasteiger partial charge is 0.494 e. The lowest BCUT2D eigenvalue weighted by Crippen LogP contribution is -2.33. The molecule has 1 unspecified atom stereocenters. The minimum atomic E-state index is -0.466. The van der Waals surface area contributed by atoms with Crippen LogP contribution in [0.1, 0.15) is 58.9 Å². The summed E-state index contributed by atoms with van der Waals surface area (Å²) in [5.74, 6) is 1.59. The summed E-state index contributed by atoms with van der Waals surface area (Å²) < 4.78 is 11.2. The fourth-order valence-electron chi connectivity index (χ4n) is 2.78. The van der Waals surface area contributed by atoms with Gasteiger partial charge in [0, 0.05) is 6.92 Å². The van der Waals surface area contributed by atoms with E-state index in [-0.39, 0.29) is 6.61 Å². The maximum absolute atomic E-state index is 9.62. The van der Waals surface area contributed by atoms with Gasteiger partial charge in [0.15, 0.2) is 5.90 Å². The van der Waals surface area contributed by atoms with E-state index < -0.39 is 5.54 Å². The number of benzene rings is 1. The van der Waals surface area contributed by atoms with Crippen molar-refractivity contribution in [3.05, 3.63) is 42.0 Å². The van der Waals surface area contributed by atoms with Gasteiger partial charge in [0.25, 0.3) is 0 Å². The van der Waals surface area contributed by atoms with E-state index >= 15 is 0 Å². The number of allylic oxidation sites excluding steroid dienone is 2. The van der Waals surface area contributed by atoms with Gasteiger partial charge in [0.1, 0.15) is 17.9 Å². The zero-order chi connectivity index (χ0) is 19.3. The van der Waals surface area contributed by atoms with E-state index in [9.17, 15) is 5.11 Å². The Kier molecular flexibility index (Phi) is 10.7. The fourth-order valence-corrected chi connectivity index (χ4v) is 2.78. The van der Waals surface area contributed by atoms with Gasteiger partial charge >= 0.3 is 0 Å². The van der Waals surface area contributed by atoms with E-state index in [2.05, 4.69) is 29.3 Å². The van der Waals surface area contributed by atoms with Gasteiger partial charge in [-0.15, -0.1) is 0 Å². The molecule has 1 N–H and O–H groups in total. The molecule has 1 aliphatic rings. The van der Waals surface area contributed by atoms with E-state index in [1.165, 1.54) is 5.56 Å². The number of aliphatic hydroxyl groups excluding tert-OH is 1. The van der Waals surface area contributed by atoms with Crippen LogP contribution < -0.4 is 4.74 Å². The second kappa shape index (κ2) is 12.5. The molecule has 0 bridgehead atoms. The molecule has 0 saturated heterocycles. The fraction of sp³-hybridized carbons (Fsp3) is 0.591. The topological polar surface area (TPSA) is 51.0 Å². The second-order valence-electron chi connectivity index (χ2n) is 6.36. The Hall–Kier alpha value is -1.81. The number of hydrogen-bond donors (Lipinski definition) is 1. The van der Waals surface area contributed by atoms with Crippen LogP contribution in [0.15, 0.2) is 41.4 Å². The van der Waals surface area contributed by atoms with Crippen molar-refractivity contribution in [2.75, 3.05) is 19.8 Å². The average molecular weight is 362 g/mol. The van der Waals surface area contributed by atoms with E-state index in [4.69, 9.17) is 9.47 Å². The van der Waals surface area contributed by atoms with Gasteiger partial charge in [-0.1, -0.05) is 38.1 Å². The number of aliphatic hydroxyl groups is 1. The Morgan fingerprint density at radius 1 is 1.23 bits per heavy atom. The molecule has 1 aliphatic heterocycles. The summed E-state index contributed by atoms with van der Waals surface area (Å²) >= 11 is 0. The van der Waals surface area contributed by atoms with Crippen LogP contribution in [0.5, 0.6) is 5.75 Å². The SMILES string of the molecule is C/C=C/CCCCOc1ccc(CCC2(CO)COC(C)=N2)cc1.CC. The summed E-state index contributed by atoms with van der Waals surface area (Å²) in [6.07, 6.45) is 9.28. The van der Waals surface area contributed by atoms with Crippen molar-refractivity contribution < 1.29 is 14.6 Å². The summed E-state index contributed by atoms with van der Waals surface area (Å²) in [4.78, 5) is 4.46. The van der Waals surface area contributed by atoms with Crippen molar-refractivity contribution in [2.45, 2.75) is 65.3 Å². The molecule has 0 aromatic heterocycles. The molecule has 0 spiro atoms. The number of unbranched alkanes of at least 4 members (excludes halogenated alkanes) is 2. The first-order chi connectivity index (χ1) is 12.7. The zero-order valence-electron chi connectivity index (χ0n) is 16.8. The van der Waals surface area contributed by atoms with Crippen molar-refractivity contribution in [1.82, 2.24) is 0 Å². The number of aliphatic imine (C=N–C) groups is 1. The van der Waals surface area contributed by atoms with E-state index in [1.807, 2.05) is 39.8 Å². The monoisotopic (exact) mass is 361 g/mol. The lowest BCUT2D eigenvalue weighted by atomic mass is 9.94. The molecule has 0 amide bonds. The van der Waals surface area contributed by atoms with Crippen molar-refractivity contribution in [3.63, 3.8) is 0 Å². The molecular weight excluding hydrogens is 326 g/mol. The molecule has 0 saturated carbocycles. The smallest absolute Gasteiger partial charge is 0.180 e. The van der Waals surface area contributed by atoms with Crippen molar-refractivity contribution in [2.24, 2.45) is 4.99 Å². The molecule has 4 heteroatoms. The van der Waals surface area contributed by atoms with E-state index in [0.29, 0.717) is 12.5 Å². The minimum Gasteiger partial charge on any atom is -0.494 e. The van der Waals surface area contributed by atoms with Crippen LogP contribution in [0.3, 0.4) is 0 Å². The summed E-state index contributed by atoms with van der Waals surface area (Å²) in [5, 5.41) is 9.62. The van der Waals surface area contributed by atoms with Crippen molar-refractivity contribution in [3.8, 4) is 5.75 Å². The highest BCUT2D eigenvalue weighted by molar-refractivity contribution is 5.75. The lowest BCUT2D eigenvalue weighted by Gasteiger charge is -2.21.